The Balaban J connectivity index is 1.76. The summed E-state index contributed by atoms with van der Waals surface area (Å²) in [7, 11) is 0. The summed E-state index contributed by atoms with van der Waals surface area (Å²) in [6.45, 7) is 5.96. The minimum Gasteiger partial charge on any atom is -0.379 e. The number of hydrogen-bond acceptors (Lipinski definition) is 5. The van der Waals surface area contributed by atoms with E-state index >= 15 is 0 Å². The number of rotatable bonds is 4. The van der Waals surface area contributed by atoms with Gasteiger partial charge in [-0.15, -0.1) is 6.58 Å². The third-order valence-electron chi connectivity index (χ3n) is 3.87. The van der Waals surface area contributed by atoms with Crippen LogP contribution in [0.15, 0.2) is 31.1 Å². The Labute approximate surface area is 117 Å². The van der Waals surface area contributed by atoms with Crippen molar-refractivity contribution in [3.8, 4) is 0 Å². The van der Waals surface area contributed by atoms with Crippen LogP contribution in [0.4, 0.5) is 0 Å². The zero-order chi connectivity index (χ0) is 13.9. The summed E-state index contributed by atoms with van der Waals surface area (Å²) in [5.41, 5.74) is 0.551. The Morgan fingerprint density at radius 2 is 2.45 bits per heavy atom. The van der Waals surface area contributed by atoms with E-state index in [-0.39, 0.29) is 24.0 Å². The molecular weight excluding hydrogens is 258 g/mol. The summed E-state index contributed by atoms with van der Waals surface area (Å²) < 4.78 is 11.3. The Morgan fingerprint density at radius 1 is 1.55 bits per heavy atom. The maximum Gasteiger partial charge on any atom is 0.255 e. The molecule has 0 radical (unpaired) electrons. The molecule has 1 aromatic heterocycles. The number of aromatic nitrogens is 2. The number of likely N-dealkylation sites (tertiary alicyclic amines) is 1. The van der Waals surface area contributed by atoms with E-state index in [1.807, 2.05) is 4.90 Å². The van der Waals surface area contributed by atoms with E-state index in [2.05, 4.69) is 16.8 Å². The second-order valence-corrected chi connectivity index (χ2v) is 5.02. The fourth-order valence-corrected chi connectivity index (χ4v) is 2.88. The van der Waals surface area contributed by atoms with Crippen molar-refractivity contribution in [3.63, 3.8) is 0 Å². The summed E-state index contributed by atoms with van der Waals surface area (Å²) >= 11 is 0. The second kappa shape index (κ2) is 5.68. The Kier molecular flexibility index (Phi) is 3.75. The van der Waals surface area contributed by atoms with Gasteiger partial charge in [-0.25, -0.2) is 0 Å². The summed E-state index contributed by atoms with van der Waals surface area (Å²) in [6.07, 6.45) is 4.75. The monoisotopic (exact) mass is 275 g/mol. The lowest BCUT2D eigenvalue weighted by molar-refractivity contribution is 0.0330. The Morgan fingerprint density at radius 3 is 3.20 bits per heavy atom. The zero-order valence-electron chi connectivity index (χ0n) is 11.1. The lowest BCUT2D eigenvalue weighted by atomic mass is 10.0. The van der Waals surface area contributed by atoms with Crippen molar-refractivity contribution < 1.29 is 14.3 Å². The average Bonchev–Trinajstić information content (AvgIpc) is 3.08. The van der Waals surface area contributed by atoms with Crippen molar-refractivity contribution in [2.75, 3.05) is 26.4 Å². The smallest absolute Gasteiger partial charge is 0.255 e. The van der Waals surface area contributed by atoms with Gasteiger partial charge in [-0.05, 0) is 6.07 Å². The molecule has 6 heteroatoms. The van der Waals surface area contributed by atoms with Crippen molar-refractivity contribution in [1.29, 1.82) is 0 Å². The molecule has 106 valence electrons. The summed E-state index contributed by atoms with van der Waals surface area (Å²) in [5.74, 6) is 0.207. The van der Waals surface area contributed by atoms with Crippen LogP contribution in [0.3, 0.4) is 0 Å². The molecule has 2 aliphatic heterocycles. The molecular formula is C14H17N3O3. The second-order valence-electron chi connectivity index (χ2n) is 5.02. The van der Waals surface area contributed by atoms with Crippen LogP contribution >= 0.6 is 0 Å². The van der Waals surface area contributed by atoms with Crippen LogP contribution in [0.25, 0.3) is 0 Å². The van der Waals surface area contributed by atoms with Gasteiger partial charge in [-0.1, -0.05) is 6.08 Å². The lowest BCUT2D eigenvalue weighted by Gasteiger charge is -2.22. The predicted molar refractivity (Wildman–Crippen MR) is 71.1 cm³/mol. The summed E-state index contributed by atoms with van der Waals surface area (Å²) in [6, 6.07) is 1.77. The van der Waals surface area contributed by atoms with Crippen LogP contribution in [0.2, 0.25) is 0 Å². The van der Waals surface area contributed by atoms with Crippen molar-refractivity contribution >= 4 is 5.91 Å². The third-order valence-corrected chi connectivity index (χ3v) is 3.87. The molecule has 0 bridgehead atoms. The maximum atomic E-state index is 12.5. The molecule has 20 heavy (non-hydrogen) atoms. The van der Waals surface area contributed by atoms with Gasteiger partial charge in [0.1, 0.15) is 0 Å². The SMILES string of the molecule is C=CCO[C@H]1CN(C(=O)c2ccnnc2)[C@H]2COC[C@@H]12. The molecule has 0 unspecified atom stereocenters. The van der Waals surface area contributed by atoms with E-state index in [1.165, 1.54) is 12.4 Å². The Bertz CT molecular complexity index is 494. The van der Waals surface area contributed by atoms with Crippen LogP contribution in [-0.4, -0.2) is 59.5 Å². The largest absolute Gasteiger partial charge is 0.379 e. The number of fused-ring (bicyclic) bond motifs is 1. The Hall–Kier alpha value is -1.79. The molecule has 3 heterocycles. The third kappa shape index (κ3) is 2.32. The molecule has 6 nitrogen and oxygen atoms in total. The van der Waals surface area contributed by atoms with Gasteiger partial charge in [0.2, 0.25) is 0 Å². The first-order valence-electron chi connectivity index (χ1n) is 6.69. The minimum absolute atomic E-state index is 0.0132. The standard InChI is InChI=1S/C14H17N3O3/c1-2-5-20-13-7-17(12-9-19-8-11(12)13)14(18)10-3-4-15-16-6-10/h2-4,6,11-13H,1,5,7-9H2/t11-,12+,13+/m1/s1. The highest BCUT2D eigenvalue weighted by molar-refractivity contribution is 5.94. The van der Waals surface area contributed by atoms with E-state index in [0.717, 1.165) is 0 Å². The number of ether oxygens (including phenoxy) is 2. The van der Waals surface area contributed by atoms with Crippen molar-refractivity contribution in [2.24, 2.45) is 5.92 Å². The number of nitrogens with zero attached hydrogens (tertiary/aromatic N) is 3. The highest BCUT2D eigenvalue weighted by Gasteiger charge is 2.47. The van der Waals surface area contributed by atoms with Crippen LogP contribution in [0, 0.1) is 5.92 Å². The van der Waals surface area contributed by atoms with Gasteiger partial charge in [0.15, 0.2) is 0 Å². The fraction of sp³-hybridized carbons (Fsp3) is 0.500. The fourth-order valence-electron chi connectivity index (χ4n) is 2.88. The first kappa shape index (κ1) is 13.2. The first-order chi connectivity index (χ1) is 9.81. The van der Waals surface area contributed by atoms with Crippen LogP contribution in [0.5, 0.6) is 0 Å². The first-order valence-corrected chi connectivity index (χ1v) is 6.69. The number of amides is 1. The molecule has 3 atom stereocenters. The van der Waals surface area contributed by atoms with E-state index in [9.17, 15) is 4.79 Å². The molecule has 2 aliphatic rings. The van der Waals surface area contributed by atoms with Gasteiger partial charge in [-0.3, -0.25) is 4.79 Å². The van der Waals surface area contributed by atoms with E-state index in [1.54, 1.807) is 12.1 Å². The van der Waals surface area contributed by atoms with Crippen LogP contribution in [-0.2, 0) is 9.47 Å². The van der Waals surface area contributed by atoms with Gasteiger partial charge in [0.25, 0.3) is 5.91 Å². The molecule has 0 N–H and O–H groups in total. The molecule has 0 spiro atoms. The summed E-state index contributed by atoms with van der Waals surface area (Å²) in [5, 5.41) is 7.45. The molecule has 0 aliphatic carbocycles. The average molecular weight is 275 g/mol. The predicted octanol–water partition coefficient (Wildman–Crippen LogP) is 0.519. The highest BCUT2D eigenvalue weighted by Crippen LogP contribution is 2.33. The number of carbonyl (C=O) groups excluding carboxylic acids is 1. The molecule has 0 saturated carbocycles. The molecule has 2 fully saturated rings. The normalized spacial score (nSPS) is 28.4. The van der Waals surface area contributed by atoms with Crippen molar-refractivity contribution in [3.05, 3.63) is 36.7 Å². The topological polar surface area (TPSA) is 64.5 Å². The van der Waals surface area contributed by atoms with E-state index in [0.29, 0.717) is 31.9 Å². The van der Waals surface area contributed by atoms with Gasteiger partial charge in [0, 0.05) is 12.5 Å². The quantitative estimate of drug-likeness (QED) is 0.750. The molecule has 1 aromatic rings. The number of carbonyl (C=O) groups is 1. The minimum atomic E-state index is -0.0369. The van der Waals surface area contributed by atoms with Crippen LogP contribution in [0.1, 0.15) is 10.4 Å². The van der Waals surface area contributed by atoms with Crippen LogP contribution < -0.4 is 0 Å². The zero-order valence-corrected chi connectivity index (χ0v) is 11.1. The van der Waals surface area contributed by atoms with Gasteiger partial charge in [-0.2, -0.15) is 10.2 Å². The molecule has 1 amide bonds. The van der Waals surface area contributed by atoms with E-state index in [4.69, 9.17) is 9.47 Å². The van der Waals surface area contributed by atoms with Crippen molar-refractivity contribution in [1.82, 2.24) is 15.1 Å². The lowest BCUT2D eigenvalue weighted by Crippen LogP contribution is -2.38. The molecule has 2 saturated heterocycles. The summed E-state index contributed by atoms with van der Waals surface area (Å²) in [4.78, 5) is 14.4. The van der Waals surface area contributed by atoms with Gasteiger partial charge >= 0.3 is 0 Å². The molecule has 0 aromatic carbocycles. The van der Waals surface area contributed by atoms with E-state index < -0.39 is 0 Å². The van der Waals surface area contributed by atoms with Crippen molar-refractivity contribution in [2.45, 2.75) is 12.1 Å². The van der Waals surface area contributed by atoms with Gasteiger partial charge < -0.3 is 14.4 Å². The van der Waals surface area contributed by atoms with Gasteiger partial charge in [0.05, 0.1) is 49.9 Å². The molecule has 3 rings (SSSR count). The number of hydrogen-bond donors (Lipinski definition) is 0. The maximum absolute atomic E-state index is 12.5. The highest BCUT2D eigenvalue weighted by atomic mass is 16.5.